The SMILES string of the molecule is CC1CCC2CC(CNc3nc(N[C@@H](C(N)=O)C(C)(C)C)cnc3C(=O)CN)=CN=C2C1. The summed E-state index contributed by atoms with van der Waals surface area (Å²) in [4.78, 5) is 37.7. The van der Waals surface area contributed by atoms with Gasteiger partial charge in [-0.05, 0) is 42.6 Å². The monoisotopic (exact) mass is 441 g/mol. The van der Waals surface area contributed by atoms with Crippen LogP contribution in [0.1, 0.15) is 63.9 Å². The van der Waals surface area contributed by atoms with Gasteiger partial charge in [-0.2, -0.15) is 0 Å². The molecule has 2 unspecified atom stereocenters. The lowest BCUT2D eigenvalue weighted by atomic mass is 9.77. The van der Waals surface area contributed by atoms with Crippen LogP contribution < -0.4 is 22.1 Å². The quantitative estimate of drug-likeness (QED) is 0.453. The molecule has 0 radical (unpaired) electrons. The molecule has 9 heteroatoms. The molecular weight excluding hydrogens is 406 g/mol. The Morgan fingerprint density at radius 1 is 1.25 bits per heavy atom. The Balaban J connectivity index is 1.79. The van der Waals surface area contributed by atoms with Gasteiger partial charge >= 0.3 is 0 Å². The van der Waals surface area contributed by atoms with Gasteiger partial charge in [-0.1, -0.05) is 27.7 Å². The molecule has 1 fully saturated rings. The van der Waals surface area contributed by atoms with Gasteiger partial charge in [0.2, 0.25) is 5.91 Å². The summed E-state index contributed by atoms with van der Waals surface area (Å²) >= 11 is 0. The van der Waals surface area contributed by atoms with E-state index in [1.54, 1.807) is 0 Å². The van der Waals surface area contributed by atoms with Gasteiger partial charge in [-0.3, -0.25) is 14.6 Å². The normalized spacial score (nSPS) is 21.7. The summed E-state index contributed by atoms with van der Waals surface area (Å²) in [5, 5.41) is 6.30. The zero-order chi connectivity index (χ0) is 23.5. The second kappa shape index (κ2) is 9.77. The molecule has 1 saturated carbocycles. The highest BCUT2D eigenvalue weighted by Gasteiger charge is 2.31. The molecule has 1 aliphatic heterocycles. The van der Waals surface area contributed by atoms with Crippen molar-refractivity contribution < 1.29 is 9.59 Å². The number of nitrogens with zero attached hydrogens (tertiary/aromatic N) is 3. The van der Waals surface area contributed by atoms with Crippen LogP contribution in [0.3, 0.4) is 0 Å². The summed E-state index contributed by atoms with van der Waals surface area (Å²) in [6, 6.07) is -0.650. The van der Waals surface area contributed by atoms with Gasteiger partial charge in [0.15, 0.2) is 11.6 Å². The first-order chi connectivity index (χ1) is 15.1. The minimum Gasteiger partial charge on any atom is -0.368 e. The maximum Gasteiger partial charge on any atom is 0.240 e. The number of anilines is 2. The van der Waals surface area contributed by atoms with E-state index in [1.807, 2.05) is 27.0 Å². The first kappa shape index (κ1) is 23.8. The lowest BCUT2D eigenvalue weighted by Gasteiger charge is -2.31. The fourth-order valence-electron chi connectivity index (χ4n) is 4.26. The van der Waals surface area contributed by atoms with Crippen LogP contribution in [-0.2, 0) is 4.79 Å². The van der Waals surface area contributed by atoms with Crippen molar-refractivity contribution in [1.82, 2.24) is 9.97 Å². The molecular formula is C23H35N7O2. The fraction of sp³-hybridized carbons (Fsp3) is 0.609. The first-order valence-electron chi connectivity index (χ1n) is 11.2. The van der Waals surface area contributed by atoms with Crippen molar-refractivity contribution in [2.45, 2.75) is 59.4 Å². The number of carbonyl (C=O) groups excluding carboxylic acids is 2. The second-order valence-corrected chi connectivity index (χ2v) is 9.97. The zero-order valence-electron chi connectivity index (χ0n) is 19.4. The molecule has 0 saturated heterocycles. The molecule has 1 aromatic rings. The molecule has 2 heterocycles. The number of hydrogen-bond donors (Lipinski definition) is 4. The number of amides is 1. The molecule has 32 heavy (non-hydrogen) atoms. The number of fused-ring (bicyclic) bond motifs is 1. The van der Waals surface area contributed by atoms with Crippen molar-refractivity contribution in [2.24, 2.45) is 33.7 Å². The largest absolute Gasteiger partial charge is 0.368 e. The minimum atomic E-state index is -0.650. The van der Waals surface area contributed by atoms with Crippen LogP contribution in [-0.4, -0.2) is 46.5 Å². The number of carbonyl (C=O) groups is 2. The fourth-order valence-corrected chi connectivity index (χ4v) is 4.26. The van der Waals surface area contributed by atoms with Gasteiger partial charge in [-0.15, -0.1) is 0 Å². The van der Waals surface area contributed by atoms with Crippen molar-refractivity contribution >= 4 is 29.0 Å². The highest BCUT2D eigenvalue weighted by Crippen LogP contribution is 2.33. The molecule has 3 atom stereocenters. The van der Waals surface area contributed by atoms with Gasteiger partial charge in [0, 0.05) is 24.4 Å². The molecule has 9 nitrogen and oxygen atoms in total. The summed E-state index contributed by atoms with van der Waals surface area (Å²) in [6.07, 6.45) is 7.78. The summed E-state index contributed by atoms with van der Waals surface area (Å²) in [7, 11) is 0. The Morgan fingerprint density at radius 2 is 2.00 bits per heavy atom. The van der Waals surface area contributed by atoms with Gasteiger partial charge in [0.05, 0.1) is 12.7 Å². The maximum atomic E-state index is 12.3. The van der Waals surface area contributed by atoms with E-state index in [9.17, 15) is 9.59 Å². The predicted octanol–water partition coefficient (Wildman–Crippen LogP) is 2.51. The summed E-state index contributed by atoms with van der Waals surface area (Å²) in [6.45, 7) is 8.33. The Labute approximate surface area is 189 Å². The van der Waals surface area contributed by atoms with Crippen LogP contribution in [0.15, 0.2) is 23.0 Å². The van der Waals surface area contributed by atoms with E-state index in [0.717, 1.165) is 24.8 Å². The number of aliphatic imine (C=N–C) groups is 1. The molecule has 0 bridgehead atoms. The number of nitrogens with two attached hydrogens (primary N) is 2. The van der Waals surface area contributed by atoms with Crippen LogP contribution >= 0.6 is 0 Å². The highest BCUT2D eigenvalue weighted by atomic mass is 16.1. The van der Waals surface area contributed by atoms with Crippen molar-refractivity contribution in [3.63, 3.8) is 0 Å². The third kappa shape index (κ3) is 5.70. The van der Waals surface area contributed by atoms with E-state index in [4.69, 9.17) is 16.5 Å². The Kier molecular flexibility index (Phi) is 7.28. The number of primary amides is 1. The third-order valence-electron chi connectivity index (χ3n) is 6.11. The number of rotatable bonds is 8. The average molecular weight is 442 g/mol. The molecule has 3 rings (SSSR count). The Hall–Kier alpha value is -2.81. The first-order valence-corrected chi connectivity index (χ1v) is 11.2. The minimum absolute atomic E-state index is 0.168. The molecule has 174 valence electrons. The molecule has 0 spiro atoms. The molecule has 1 aliphatic carbocycles. The third-order valence-corrected chi connectivity index (χ3v) is 6.11. The van der Waals surface area contributed by atoms with Crippen molar-refractivity contribution in [3.8, 4) is 0 Å². The number of Topliss-reactive ketones (excluding diaryl/α,β-unsaturated/α-hetero) is 1. The van der Waals surface area contributed by atoms with Gasteiger partial charge in [0.25, 0.3) is 0 Å². The molecule has 1 amide bonds. The van der Waals surface area contributed by atoms with Gasteiger partial charge < -0.3 is 22.1 Å². The topological polar surface area (TPSA) is 148 Å². The molecule has 2 aliphatic rings. The van der Waals surface area contributed by atoms with E-state index >= 15 is 0 Å². The van der Waals surface area contributed by atoms with Gasteiger partial charge in [-0.25, -0.2) is 9.97 Å². The van der Waals surface area contributed by atoms with Crippen LogP contribution in [0, 0.1) is 17.3 Å². The number of nitrogens with one attached hydrogen (secondary N) is 2. The lowest BCUT2D eigenvalue weighted by molar-refractivity contribution is -0.120. The summed E-state index contributed by atoms with van der Waals surface area (Å²) in [5.74, 6) is 1.09. The number of aromatic nitrogens is 2. The van der Waals surface area contributed by atoms with E-state index in [2.05, 4.69) is 27.5 Å². The van der Waals surface area contributed by atoms with Crippen LogP contribution in [0.2, 0.25) is 0 Å². The van der Waals surface area contributed by atoms with E-state index in [0.29, 0.717) is 30.0 Å². The van der Waals surface area contributed by atoms with Crippen molar-refractivity contribution in [3.05, 3.63) is 23.7 Å². The average Bonchev–Trinajstić information content (AvgIpc) is 2.74. The standard InChI is InChI=1S/C23H35N7O2/c1-13-5-6-15-8-14(10-26-16(15)7-13)11-28-22-19(17(31)9-24)27-12-18(30-22)29-20(21(25)32)23(2,3)4/h10,12-13,15,20H,5-9,11,24H2,1-4H3,(H2,25,32)(H2,28,29,30)/t13?,15?,20-/m0/s1. The Morgan fingerprint density at radius 3 is 2.66 bits per heavy atom. The van der Waals surface area contributed by atoms with E-state index < -0.39 is 17.4 Å². The van der Waals surface area contributed by atoms with Crippen molar-refractivity contribution in [2.75, 3.05) is 23.7 Å². The number of ketones is 1. The summed E-state index contributed by atoms with van der Waals surface area (Å²) in [5.41, 5.74) is 13.3. The molecule has 1 aromatic heterocycles. The zero-order valence-corrected chi connectivity index (χ0v) is 19.4. The molecule has 6 N–H and O–H groups in total. The summed E-state index contributed by atoms with van der Waals surface area (Å²) < 4.78 is 0. The smallest absolute Gasteiger partial charge is 0.240 e. The maximum absolute atomic E-state index is 12.3. The lowest BCUT2D eigenvalue weighted by Crippen LogP contribution is -2.45. The van der Waals surface area contributed by atoms with E-state index in [1.165, 1.54) is 18.3 Å². The van der Waals surface area contributed by atoms with Crippen LogP contribution in [0.5, 0.6) is 0 Å². The van der Waals surface area contributed by atoms with Crippen LogP contribution in [0.25, 0.3) is 0 Å². The number of hydrogen-bond acceptors (Lipinski definition) is 8. The Bertz CT molecular complexity index is 933. The highest BCUT2D eigenvalue weighted by molar-refractivity contribution is 6.00. The van der Waals surface area contributed by atoms with Crippen molar-refractivity contribution in [1.29, 1.82) is 0 Å². The van der Waals surface area contributed by atoms with Gasteiger partial charge in [0.1, 0.15) is 17.6 Å². The van der Waals surface area contributed by atoms with Crippen LogP contribution in [0.4, 0.5) is 11.6 Å². The van der Waals surface area contributed by atoms with E-state index in [-0.39, 0.29) is 18.0 Å². The molecule has 0 aromatic carbocycles. The predicted molar refractivity (Wildman–Crippen MR) is 127 cm³/mol. The second-order valence-electron chi connectivity index (χ2n) is 9.97.